The molecule has 2 aromatic rings. The first-order valence-electron chi connectivity index (χ1n) is 6.22. The first kappa shape index (κ1) is 13.3. The number of aromatic nitrogens is 2. The van der Waals surface area contributed by atoms with Crippen LogP contribution >= 0.6 is 0 Å². The van der Waals surface area contributed by atoms with Crippen molar-refractivity contribution in [1.29, 1.82) is 0 Å². The van der Waals surface area contributed by atoms with Gasteiger partial charge in [0.1, 0.15) is 0 Å². The van der Waals surface area contributed by atoms with Crippen molar-refractivity contribution >= 4 is 5.91 Å². The molecule has 1 amide bonds. The van der Waals surface area contributed by atoms with E-state index in [1.54, 1.807) is 16.8 Å². The molecule has 0 unspecified atom stereocenters. The van der Waals surface area contributed by atoms with Crippen LogP contribution in [0.5, 0.6) is 0 Å². The molecule has 1 aromatic heterocycles. The highest BCUT2D eigenvalue weighted by atomic mass is 16.1. The summed E-state index contributed by atoms with van der Waals surface area (Å²) in [5.41, 5.74) is 8.09. The highest BCUT2D eigenvalue weighted by molar-refractivity contribution is 5.92. The lowest BCUT2D eigenvalue weighted by Gasteiger charge is -2.04. The van der Waals surface area contributed by atoms with Crippen LogP contribution in [0.25, 0.3) is 0 Å². The van der Waals surface area contributed by atoms with Crippen LogP contribution in [-0.4, -0.2) is 22.2 Å². The highest BCUT2D eigenvalue weighted by Gasteiger charge is 2.00. The zero-order valence-electron chi connectivity index (χ0n) is 11.0. The number of carbonyl (C=O) groups is 1. The number of aryl methyl sites for hydroxylation is 1. The number of rotatable bonds is 6. The minimum absolute atomic E-state index is 0.393. The summed E-state index contributed by atoms with van der Waals surface area (Å²) in [5, 5.41) is 7.48. The van der Waals surface area contributed by atoms with E-state index in [2.05, 4.69) is 10.4 Å². The number of benzene rings is 1. The molecule has 0 aliphatic rings. The quantitative estimate of drug-likeness (QED) is 0.754. The van der Waals surface area contributed by atoms with Gasteiger partial charge in [-0.2, -0.15) is 5.10 Å². The van der Waals surface area contributed by atoms with E-state index in [0.717, 1.165) is 25.1 Å². The zero-order valence-corrected chi connectivity index (χ0v) is 11.0. The molecule has 3 N–H and O–H groups in total. The summed E-state index contributed by atoms with van der Waals surface area (Å²) < 4.78 is 1.80. The lowest BCUT2D eigenvalue weighted by atomic mass is 10.1. The summed E-state index contributed by atoms with van der Waals surface area (Å²) in [6.07, 6.45) is 4.85. The number of nitrogens with zero attached hydrogens (tertiary/aromatic N) is 2. The van der Waals surface area contributed by atoms with Crippen molar-refractivity contribution in [2.24, 2.45) is 12.8 Å². The minimum Gasteiger partial charge on any atom is -0.366 e. The fourth-order valence-electron chi connectivity index (χ4n) is 1.85. The molecule has 1 aromatic carbocycles. The summed E-state index contributed by atoms with van der Waals surface area (Å²) in [6.45, 7) is 1.67. The predicted molar refractivity (Wildman–Crippen MR) is 73.6 cm³/mol. The molecule has 0 atom stereocenters. The van der Waals surface area contributed by atoms with Gasteiger partial charge in [-0.05, 0) is 36.2 Å². The second-order valence-corrected chi connectivity index (χ2v) is 4.51. The molecule has 2 rings (SSSR count). The molecule has 19 heavy (non-hydrogen) atoms. The van der Waals surface area contributed by atoms with Crippen LogP contribution in [-0.2, 0) is 20.0 Å². The van der Waals surface area contributed by atoms with Crippen molar-refractivity contribution in [3.8, 4) is 0 Å². The number of primary amides is 1. The molecule has 0 bridgehead atoms. The van der Waals surface area contributed by atoms with Gasteiger partial charge in [-0.1, -0.05) is 12.1 Å². The van der Waals surface area contributed by atoms with E-state index in [0.29, 0.717) is 5.56 Å². The number of nitrogens with two attached hydrogens (primary N) is 1. The summed E-state index contributed by atoms with van der Waals surface area (Å²) in [4.78, 5) is 10.9. The second kappa shape index (κ2) is 6.15. The van der Waals surface area contributed by atoms with Gasteiger partial charge < -0.3 is 11.1 Å². The van der Waals surface area contributed by atoms with Gasteiger partial charge in [-0.15, -0.1) is 0 Å². The van der Waals surface area contributed by atoms with Crippen LogP contribution in [0.2, 0.25) is 0 Å². The lowest BCUT2D eigenvalue weighted by molar-refractivity contribution is 0.100. The smallest absolute Gasteiger partial charge is 0.248 e. The van der Waals surface area contributed by atoms with E-state index < -0.39 is 5.91 Å². The summed E-state index contributed by atoms with van der Waals surface area (Å²) >= 11 is 0. The molecule has 0 saturated heterocycles. The molecule has 0 radical (unpaired) electrons. The topological polar surface area (TPSA) is 72.9 Å². The number of hydrogen-bond donors (Lipinski definition) is 2. The summed E-state index contributed by atoms with van der Waals surface area (Å²) in [5.74, 6) is -0.393. The Kier molecular flexibility index (Phi) is 4.30. The van der Waals surface area contributed by atoms with E-state index in [1.807, 2.05) is 31.6 Å². The van der Waals surface area contributed by atoms with Gasteiger partial charge in [0.2, 0.25) is 5.91 Å². The average molecular weight is 258 g/mol. The normalized spacial score (nSPS) is 10.6. The van der Waals surface area contributed by atoms with Gasteiger partial charge in [0.05, 0.1) is 6.20 Å². The van der Waals surface area contributed by atoms with Gasteiger partial charge in [0.15, 0.2) is 0 Å². The van der Waals surface area contributed by atoms with Crippen LogP contribution < -0.4 is 11.1 Å². The summed E-state index contributed by atoms with van der Waals surface area (Å²) in [7, 11) is 1.91. The maximum Gasteiger partial charge on any atom is 0.248 e. The Morgan fingerprint density at radius 3 is 2.63 bits per heavy atom. The number of hydrogen-bond acceptors (Lipinski definition) is 3. The molecule has 5 heteroatoms. The third kappa shape index (κ3) is 3.93. The molecule has 1 heterocycles. The largest absolute Gasteiger partial charge is 0.366 e. The minimum atomic E-state index is -0.393. The monoisotopic (exact) mass is 258 g/mol. The Hall–Kier alpha value is -2.14. The van der Waals surface area contributed by atoms with Crippen LogP contribution in [0.4, 0.5) is 0 Å². The van der Waals surface area contributed by atoms with Crippen molar-refractivity contribution in [3.63, 3.8) is 0 Å². The lowest BCUT2D eigenvalue weighted by Crippen LogP contribution is -2.17. The second-order valence-electron chi connectivity index (χ2n) is 4.51. The van der Waals surface area contributed by atoms with Crippen LogP contribution in [0, 0.1) is 0 Å². The van der Waals surface area contributed by atoms with Gasteiger partial charge in [-0.25, -0.2) is 0 Å². The third-order valence-electron chi connectivity index (χ3n) is 2.92. The first-order valence-corrected chi connectivity index (χ1v) is 6.22. The molecule has 0 saturated carbocycles. The average Bonchev–Trinajstić information content (AvgIpc) is 2.81. The van der Waals surface area contributed by atoms with Crippen molar-refractivity contribution < 1.29 is 4.79 Å². The standard InChI is InChI=1S/C14H18N4O/c1-18-10-12(9-17-18)6-7-16-8-11-2-4-13(5-3-11)14(15)19/h2-5,9-10,16H,6-8H2,1H3,(H2,15,19). The van der Waals surface area contributed by atoms with Gasteiger partial charge in [-0.3, -0.25) is 9.48 Å². The van der Waals surface area contributed by atoms with E-state index in [4.69, 9.17) is 5.73 Å². The van der Waals surface area contributed by atoms with Crippen molar-refractivity contribution in [2.75, 3.05) is 6.54 Å². The molecule has 0 aliphatic heterocycles. The Morgan fingerprint density at radius 2 is 2.05 bits per heavy atom. The van der Waals surface area contributed by atoms with E-state index in [1.165, 1.54) is 5.56 Å². The Morgan fingerprint density at radius 1 is 1.32 bits per heavy atom. The molecule has 5 nitrogen and oxygen atoms in total. The van der Waals surface area contributed by atoms with Crippen LogP contribution in [0.15, 0.2) is 36.7 Å². The summed E-state index contributed by atoms with van der Waals surface area (Å²) in [6, 6.07) is 7.33. The number of nitrogens with one attached hydrogen (secondary N) is 1. The first-order chi connectivity index (χ1) is 9.15. The van der Waals surface area contributed by atoms with Crippen LogP contribution in [0.1, 0.15) is 21.5 Å². The van der Waals surface area contributed by atoms with Gasteiger partial charge in [0.25, 0.3) is 0 Å². The maximum atomic E-state index is 10.9. The molecule has 100 valence electrons. The molecule has 0 spiro atoms. The number of carbonyl (C=O) groups excluding carboxylic acids is 1. The van der Waals surface area contributed by atoms with Crippen molar-refractivity contribution in [2.45, 2.75) is 13.0 Å². The fraction of sp³-hybridized carbons (Fsp3) is 0.286. The van der Waals surface area contributed by atoms with E-state index in [9.17, 15) is 4.79 Å². The molecular weight excluding hydrogens is 240 g/mol. The maximum absolute atomic E-state index is 10.9. The van der Waals surface area contributed by atoms with E-state index in [-0.39, 0.29) is 0 Å². The van der Waals surface area contributed by atoms with Gasteiger partial charge in [0, 0.05) is 25.4 Å². The predicted octanol–water partition coefficient (Wildman–Crippen LogP) is 0.851. The van der Waals surface area contributed by atoms with Crippen molar-refractivity contribution in [3.05, 3.63) is 53.3 Å². The molecule has 0 aliphatic carbocycles. The van der Waals surface area contributed by atoms with Gasteiger partial charge >= 0.3 is 0 Å². The fourth-order valence-corrected chi connectivity index (χ4v) is 1.85. The number of amides is 1. The zero-order chi connectivity index (χ0) is 13.7. The Labute approximate surface area is 112 Å². The van der Waals surface area contributed by atoms with E-state index >= 15 is 0 Å². The Balaban J connectivity index is 1.75. The highest BCUT2D eigenvalue weighted by Crippen LogP contribution is 2.03. The van der Waals surface area contributed by atoms with Crippen LogP contribution in [0.3, 0.4) is 0 Å². The Bertz CT molecular complexity index is 545. The SMILES string of the molecule is Cn1cc(CCNCc2ccc(C(N)=O)cc2)cn1. The molecular formula is C14H18N4O. The third-order valence-corrected chi connectivity index (χ3v) is 2.92. The van der Waals surface area contributed by atoms with Crippen molar-refractivity contribution in [1.82, 2.24) is 15.1 Å². The molecule has 0 fully saturated rings.